The second-order valence-electron chi connectivity index (χ2n) is 3.43. The molecule has 7 heteroatoms. The van der Waals surface area contributed by atoms with E-state index >= 15 is 0 Å². The van der Waals surface area contributed by atoms with Gasteiger partial charge in [-0.05, 0) is 35.0 Å². The smallest absolute Gasteiger partial charge is 0.326 e. The fraction of sp³-hybridized carbons (Fsp3) is 0.364. The van der Waals surface area contributed by atoms with E-state index in [1.807, 2.05) is 0 Å². The molecule has 1 rings (SSSR count). The summed E-state index contributed by atoms with van der Waals surface area (Å²) in [5, 5.41) is 0. The van der Waals surface area contributed by atoms with Crippen LogP contribution >= 0.6 is 15.9 Å². The van der Waals surface area contributed by atoms with E-state index in [-0.39, 0.29) is 12.3 Å². The zero-order valence-corrected chi connectivity index (χ0v) is 12.5. The molecule has 0 unspecified atom stereocenters. The van der Waals surface area contributed by atoms with Gasteiger partial charge >= 0.3 is 5.97 Å². The standard InChI is InChI=1S/C11H14BrNO4S/c1-3-18(15,16)13(8-11(14)17-2)10-7-5-4-6-9(10)12/h4-7H,3,8H2,1-2H3. The van der Waals surface area contributed by atoms with E-state index in [4.69, 9.17) is 0 Å². The molecule has 0 heterocycles. The molecular formula is C11H14BrNO4S. The highest BCUT2D eigenvalue weighted by Crippen LogP contribution is 2.27. The fourth-order valence-electron chi connectivity index (χ4n) is 1.32. The number of hydrogen-bond acceptors (Lipinski definition) is 4. The van der Waals surface area contributed by atoms with E-state index in [1.165, 1.54) is 14.0 Å². The molecule has 1 aromatic rings. The van der Waals surface area contributed by atoms with Crippen LogP contribution in [-0.2, 0) is 19.6 Å². The summed E-state index contributed by atoms with van der Waals surface area (Å²) in [6.07, 6.45) is 0. The number of carbonyl (C=O) groups is 1. The average molecular weight is 336 g/mol. The van der Waals surface area contributed by atoms with E-state index in [1.54, 1.807) is 24.3 Å². The van der Waals surface area contributed by atoms with Crippen LogP contribution in [0.3, 0.4) is 0 Å². The number of carbonyl (C=O) groups excluding carboxylic acids is 1. The number of para-hydroxylation sites is 1. The molecule has 0 radical (unpaired) electrons. The Balaban J connectivity index is 3.22. The van der Waals surface area contributed by atoms with Gasteiger partial charge in [0.15, 0.2) is 0 Å². The van der Waals surface area contributed by atoms with Gasteiger partial charge in [0, 0.05) is 4.47 Å². The Kier molecular flexibility index (Phi) is 5.15. The number of hydrogen-bond donors (Lipinski definition) is 0. The Labute approximate surface area is 115 Å². The second-order valence-corrected chi connectivity index (χ2v) is 6.47. The number of nitrogens with zero attached hydrogens (tertiary/aromatic N) is 1. The van der Waals surface area contributed by atoms with Gasteiger partial charge in [0.05, 0.1) is 18.6 Å². The summed E-state index contributed by atoms with van der Waals surface area (Å²) in [6.45, 7) is 1.19. The molecule has 0 aliphatic carbocycles. The van der Waals surface area contributed by atoms with Crippen molar-refractivity contribution in [2.75, 3.05) is 23.7 Å². The normalized spacial score (nSPS) is 11.1. The lowest BCUT2D eigenvalue weighted by Gasteiger charge is -2.23. The van der Waals surface area contributed by atoms with Crippen LogP contribution in [0.4, 0.5) is 5.69 Å². The topological polar surface area (TPSA) is 63.7 Å². The maximum Gasteiger partial charge on any atom is 0.326 e. The van der Waals surface area contributed by atoms with Crippen molar-refractivity contribution >= 4 is 37.6 Å². The van der Waals surface area contributed by atoms with Gasteiger partial charge in [-0.3, -0.25) is 9.10 Å². The molecule has 100 valence electrons. The summed E-state index contributed by atoms with van der Waals surface area (Å²) < 4.78 is 30.2. The van der Waals surface area contributed by atoms with Gasteiger partial charge in [-0.2, -0.15) is 0 Å². The predicted molar refractivity (Wildman–Crippen MR) is 73.0 cm³/mol. The molecule has 0 saturated carbocycles. The summed E-state index contributed by atoms with van der Waals surface area (Å²) in [5.41, 5.74) is 0.421. The van der Waals surface area contributed by atoms with Crippen LogP contribution in [0.15, 0.2) is 28.7 Å². The first kappa shape index (κ1) is 15.0. The van der Waals surface area contributed by atoms with Crippen molar-refractivity contribution in [3.8, 4) is 0 Å². The van der Waals surface area contributed by atoms with Crippen molar-refractivity contribution < 1.29 is 17.9 Å². The molecule has 1 aromatic carbocycles. The molecule has 0 saturated heterocycles. The van der Waals surface area contributed by atoms with Gasteiger partial charge < -0.3 is 4.74 Å². The molecular weight excluding hydrogens is 322 g/mol. The quantitative estimate of drug-likeness (QED) is 0.769. The van der Waals surface area contributed by atoms with E-state index < -0.39 is 16.0 Å². The van der Waals surface area contributed by atoms with Crippen molar-refractivity contribution in [3.63, 3.8) is 0 Å². The zero-order valence-electron chi connectivity index (χ0n) is 10.1. The van der Waals surface area contributed by atoms with Crippen molar-refractivity contribution in [1.29, 1.82) is 0 Å². The van der Waals surface area contributed by atoms with Gasteiger partial charge in [-0.15, -0.1) is 0 Å². The van der Waals surface area contributed by atoms with Crippen LogP contribution < -0.4 is 4.31 Å². The minimum atomic E-state index is -3.54. The minimum absolute atomic E-state index is 0.0919. The number of halogens is 1. The Hall–Kier alpha value is -1.08. The Bertz CT molecular complexity index is 530. The molecule has 0 amide bonds. The highest BCUT2D eigenvalue weighted by atomic mass is 79.9. The maximum atomic E-state index is 12.0. The van der Waals surface area contributed by atoms with Gasteiger partial charge in [0.25, 0.3) is 0 Å². The van der Waals surface area contributed by atoms with Crippen molar-refractivity contribution in [1.82, 2.24) is 0 Å². The monoisotopic (exact) mass is 335 g/mol. The first-order valence-electron chi connectivity index (χ1n) is 5.24. The lowest BCUT2D eigenvalue weighted by molar-refractivity contribution is -0.138. The van der Waals surface area contributed by atoms with Crippen molar-refractivity contribution in [2.24, 2.45) is 0 Å². The SMILES string of the molecule is CCS(=O)(=O)N(CC(=O)OC)c1ccccc1Br. The summed E-state index contributed by atoms with van der Waals surface area (Å²) in [4.78, 5) is 11.3. The van der Waals surface area contributed by atoms with Gasteiger partial charge in [0.1, 0.15) is 6.54 Å². The Morgan fingerprint density at radius 1 is 1.39 bits per heavy atom. The molecule has 0 aliphatic rings. The number of methoxy groups -OCH3 is 1. The van der Waals surface area contributed by atoms with Gasteiger partial charge in [0.2, 0.25) is 10.0 Å². The number of esters is 1. The first-order chi connectivity index (χ1) is 8.42. The highest BCUT2D eigenvalue weighted by Gasteiger charge is 2.25. The van der Waals surface area contributed by atoms with E-state index in [0.717, 1.165) is 4.31 Å². The number of rotatable bonds is 5. The summed E-state index contributed by atoms with van der Waals surface area (Å²) in [7, 11) is -2.32. The lowest BCUT2D eigenvalue weighted by atomic mass is 10.3. The van der Waals surface area contributed by atoms with Crippen LogP contribution in [0.25, 0.3) is 0 Å². The van der Waals surface area contributed by atoms with Crippen LogP contribution in [-0.4, -0.2) is 33.8 Å². The fourth-order valence-corrected chi connectivity index (χ4v) is 3.01. The molecule has 0 bridgehead atoms. The number of anilines is 1. The second kappa shape index (κ2) is 6.19. The lowest BCUT2D eigenvalue weighted by Crippen LogP contribution is -2.37. The molecule has 5 nitrogen and oxygen atoms in total. The Morgan fingerprint density at radius 2 is 2.00 bits per heavy atom. The van der Waals surface area contributed by atoms with Crippen molar-refractivity contribution in [2.45, 2.75) is 6.92 Å². The molecule has 0 aliphatic heterocycles. The summed E-state index contributed by atoms with van der Waals surface area (Å²) in [6, 6.07) is 6.81. The Morgan fingerprint density at radius 3 is 2.50 bits per heavy atom. The third-order valence-electron chi connectivity index (χ3n) is 2.32. The third-order valence-corrected chi connectivity index (χ3v) is 4.72. The third kappa shape index (κ3) is 3.46. The number of ether oxygens (including phenoxy) is 1. The van der Waals surface area contributed by atoms with Crippen LogP contribution in [0.1, 0.15) is 6.92 Å². The van der Waals surface area contributed by atoms with E-state index in [9.17, 15) is 13.2 Å². The molecule has 18 heavy (non-hydrogen) atoms. The highest BCUT2D eigenvalue weighted by molar-refractivity contribution is 9.10. The largest absolute Gasteiger partial charge is 0.468 e. The number of benzene rings is 1. The zero-order chi connectivity index (χ0) is 13.8. The van der Waals surface area contributed by atoms with E-state index in [2.05, 4.69) is 20.7 Å². The van der Waals surface area contributed by atoms with Gasteiger partial charge in [-0.25, -0.2) is 8.42 Å². The molecule has 0 spiro atoms. The van der Waals surface area contributed by atoms with Crippen LogP contribution in [0.2, 0.25) is 0 Å². The van der Waals surface area contributed by atoms with E-state index in [0.29, 0.717) is 10.2 Å². The molecule has 0 N–H and O–H groups in total. The molecule has 0 fully saturated rings. The van der Waals surface area contributed by atoms with Crippen molar-refractivity contribution in [3.05, 3.63) is 28.7 Å². The average Bonchev–Trinajstić information content (AvgIpc) is 2.36. The predicted octanol–water partition coefficient (Wildman–Crippen LogP) is 1.78. The van der Waals surface area contributed by atoms with Crippen LogP contribution in [0.5, 0.6) is 0 Å². The minimum Gasteiger partial charge on any atom is -0.468 e. The first-order valence-corrected chi connectivity index (χ1v) is 7.64. The molecule has 0 aromatic heterocycles. The number of sulfonamides is 1. The van der Waals surface area contributed by atoms with Crippen LogP contribution in [0, 0.1) is 0 Å². The maximum absolute atomic E-state index is 12.0. The van der Waals surface area contributed by atoms with Gasteiger partial charge in [-0.1, -0.05) is 12.1 Å². The molecule has 0 atom stereocenters. The summed E-state index contributed by atoms with van der Waals surface area (Å²) >= 11 is 3.27. The summed E-state index contributed by atoms with van der Waals surface area (Å²) in [5.74, 6) is -0.700.